The lowest BCUT2D eigenvalue weighted by Gasteiger charge is -2.35. The monoisotopic (exact) mass is 1520 g/mol. The number of nitrogens with two attached hydrogens (primary N) is 1. The molecule has 5 aromatic rings. The highest BCUT2D eigenvalue weighted by Crippen LogP contribution is 2.43. The van der Waals surface area contributed by atoms with Crippen LogP contribution in [0.4, 0.5) is 4.79 Å². The van der Waals surface area contributed by atoms with Crippen molar-refractivity contribution in [1.29, 1.82) is 0 Å². The number of likely N-dealkylation sites (tertiary alicyclic amines) is 1. The Labute approximate surface area is 636 Å². The van der Waals surface area contributed by atoms with Gasteiger partial charge in [-0.3, -0.25) is 38.5 Å². The second-order valence-corrected chi connectivity index (χ2v) is 27.6. The second-order valence-electron chi connectivity index (χ2n) is 27.6. The summed E-state index contributed by atoms with van der Waals surface area (Å²) in [5.41, 5.74) is 10.2. The number of benzene rings is 2. The summed E-state index contributed by atoms with van der Waals surface area (Å²) in [6.45, 7) is 15.8. The number of aromatic nitrogens is 5. The molecule has 1 aliphatic carbocycles. The molecule has 598 valence electrons. The molecule has 0 bridgehead atoms. The minimum atomic E-state index is -1.84. The summed E-state index contributed by atoms with van der Waals surface area (Å²) >= 11 is 0. The maximum Gasteiger partial charge on any atom is 0.510 e. The zero-order chi connectivity index (χ0) is 77.9. The highest BCUT2D eigenvalue weighted by atomic mass is 16.7. The van der Waals surface area contributed by atoms with Gasteiger partial charge in [0.05, 0.1) is 140 Å². The van der Waals surface area contributed by atoms with E-state index in [1.165, 1.54) is 4.90 Å². The molecule has 0 spiro atoms. The first-order valence-corrected chi connectivity index (χ1v) is 38.3. The molecule has 4 aliphatic rings. The number of aromatic hydroxyl groups is 1. The summed E-state index contributed by atoms with van der Waals surface area (Å²) in [5, 5.41) is 21.9. The van der Waals surface area contributed by atoms with E-state index in [2.05, 4.69) is 15.6 Å². The maximum absolute atomic E-state index is 13.8. The summed E-state index contributed by atoms with van der Waals surface area (Å²) in [6.07, 6.45) is 9.19. The van der Waals surface area contributed by atoms with Crippen molar-refractivity contribution in [2.75, 3.05) is 139 Å². The summed E-state index contributed by atoms with van der Waals surface area (Å²) in [5.74, 6) is -1.32. The maximum atomic E-state index is 13.8. The third-order valence-corrected chi connectivity index (χ3v) is 19.7. The number of unbranched alkanes of at least 4 members (excludes halogenated alkanes) is 1. The average Bonchev–Trinajstić information content (AvgIpc) is 1.61. The van der Waals surface area contributed by atoms with Crippen molar-refractivity contribution >= 4 is 58.1 Å². The minimum Gasteiger partial charge on any atom is -0.508 e. The molecule has 2 aromatic carbocycles. The molecule has 30 heteroatoms. The van der Waals surface area contributed by atoms with E-state index < -0.39 is 23.6 Å². The van der Waals surface area contributed by atoms with E-state index in [0.29, 0.717) is 187 Å². The van der Waals surface area contributed by atoms with Crippen molar-refractivity contribution < 1.29 is 100 Å². The Kier molecular flexibility index (Phi) is 36.2. The number of rotatable bonds is 50. The lowest BCUT2D eigenvalue weighted by atomic mass is 9.79. The summed E-state index contributed by atoms with van der Waals surface area (Å²) in [7, 11) is 1.55. The highest BCUT2D eigenvalue weighted by Gasteiger charge is 2.51. The van der Waals surface area contributed by atoms with E-state index in [-0.39, 0.29) is 121 Å². The number of esters is 1. The van der Waals surface area contributed by atoms with Crippen LogP contribution in [0.1, 0.15) is 143 Å². The number of phenolic OH excluding ortho intramolecular Hbond substituents is 1. The van der Waals surface area contributed by atoms with Gasteiger partial charge in [0, 0.05) is 92.8 Å². The molecule has 3 aliphatic heterocycles. The summed E-state index contributed by atoms with van der Waals surface area (Å²) in [6, 6.07) is 14.2. The number of carbonyl (C=O) groups is 8. The van der Waals surface area contributed by atoms with Gasteiger partial charge in [-0.25, -0.2) is 19.3 Å². The van der Waals surface area contributed by atoms with Crippen LogP contribution in [0.3, 0.4) is 0 Å². The van der Waals surface area contributed by atoms with E-state index in [1.807, 2.05) is 44.3 Å². The number of nitrogens with zero attached hydrogens (tertiary/aromatic N) is 6. The number of cyclic esters (lactones) is 1. The van der Waals surface area contributed by atoms with Gasteiger partial charge >= 0.3 is 12.1 Å². The normalized spacial score (nSPS) is 17.5. The lowest BCUT2D eigenvalue weighted by Crippen LogP contribution is -2.47. The van der Waals surface area contributed by atoms with Crippen molar-refractivity contribution in [3.63, 3.8) is 0 Å². The molecule has 4 N–H and O–H groups in total. The molecule has 109 heavy (non-hydrogen) atoms. The number of fused-ring (bicyclic) bond motifs is 5. The summed E-state index contributed by atoms with van der Waals surface area (Å²) < 4.78 is 69.3. The third kappa shape index (κ3) is 26.4. The first-order chi connectivity index (χ1) is 52.9. The smallest absolute Gasteiger partial charge is 0.508 e. The Hall–Kier alpha value is -8.30. The van der Waals surface area contributed by atoms with Gasteiger partial charge in [-0.15, -0.1) is 5.10 Å². The molecular weight excluding hydrogens is 1410 g/mol. The van der Waals surface area contributed by atoms with E-state index in [0.717, 1.165) is 71.9 Å². The van der Waals surface area contributed by atoms with Crippen LogP contribution in [0.2, 0.25) is 0 Å². The molecule has 30 nitrogen and oxygen atoms in total. The number of amides is 3. The predicted octanol–water partition coefficient (Wildman–Crippen LogP) is 6.95. The van der Waals surface area contributed by atoms with Gasteiger partial charge in [-0.2, -0.15) is 0 Å². The van der Waals surface area contributed by atoms with E-state index in [9.17, 15) is 48.3 Å². The van der Waals surface area contributed by atoms with Gasteiger partial charge in [0.15, 0.2) is 11.6 Å². The quantitative estimate of drug-likeness (QED) is 0.0197. The Morgan fingerprint density at radius 3 is 1.95 bits per heavy atom. The van der Waals surface area contributed by atoms with Crippen molar-refractivity contribution in [3.8, 4) is 17.1 Å². The van der Waals surface area contributed by atoms with Gasteiger partial charge in [0.25, 0.3) is 5.56 Å². The first-order valence-electron chi connectivity index (χ1n) is 38.3. The summed E-state index contributed by atoms with van der Waals surface area (Å²) in [4.78, 5) is 120. The molecular formula is C79H110N8O22. The number of pyridine rings is 2. The zero-order valence-corrected chi connectivity index (χ0v) is 63.9. The molecule has 3 atom stereocenters. The fraction of sp³-hybridized carbons (Fsp3) is 0.620. The molecule has 3 aromatic heterocycles. The molecule has 3 amide bonds. The van der Waals surface area contributed by atoms with Crippen LogP contribution in [0.25, 0.3) is 22.3 Å². The SMILES string of the molecule is CCc1c2c(nc3ccc(O)cc13)-c1cc3c(c(=O)n1C2)COC(=O)C3(CC)OC(=O)OCc1ccc(C)cc1.CNC(=O)C(CCCCN)CC(=O)COCC(=O)CCCOCCOCCOCCOCCOCCOCCOCCOCCn1cc(CCC(=O)C2CCC(CN3C(=O)CC(C)C3=O)CC2)nn1. The number of ketones is 3. The number of hydrogen-bond donors (Lipinski definition) is 3. The van der Waals surface area contributed by atoms with Gasteiger partial charge in [0.1, 0.15) is 38.0 Å². The van der Waals surface area contributed by atoms with Crippen molar-refractivity contribution in [3.05, 3.63) is 104 Å². The molecule has 1 saturated carbocycles. The zero-order valence-electron chi connectivity index (χ0n) is 63.9. The highest BCUT2D eigenvalue weighted by molar-refractivity contribution is 6.03. The van der Waals surface area contributed by atoms with Crippen molar-refractivity contribution in [1.82, 2.24) is 34.8 Å². The molecule has 2 fully saturated rings. The molecule has 6 heterocycles. The Morgan fingerprint density at radius 2 is 1.36 bits per heavy atom. The molecule has 9 rings (SSSR count). The Bertz CT molecular complexity index is 3840. The number of nitrogens with one attached hydrogen (secondary N) is 1. The van der Waals surface area contributed by atoms with Crippen LogP contribution in [0.15, 0.2) is 59.5 Å². The standard InChI is InChI=1S/C48H82N6O15.C31H28N2O7/c1-38-32-46(58)54(48(38)60)34-39-8-10-40(11-9-39)45(57)13-12-42-35-53(52-51-42)15-17-62-19-21-64-23-25-66-27-29-68-31-30-67-28-26-65-24-22-63-20-18-61-16-5-7-43(55)36-69-37-44(56)33-41(47(59)50-2)6-3-4-14-49;1-4-20-21-12-19(34)10-11-25(21)32-27-22(20)14-33-26(27)13-24-23(28(33)35)16-38-29(36)31(24,5-2)40-30(37)39-15-18-8-6-17(3)7-9-18/h35,38-41H,3-34,36-37,49H2,1-2H3,(H,50,59);6-13,34H,4-5,14-16H2,1-3H3. The van der Waals surface area contributed by atoms with Crippen LogP contribution in [0, 0.1) is 30.6 Å². The van der Waals surface area contributed by atoms with E-state index >= 15 is 0 Å². The Balaban J connectivity index is 0.000000313. The fourth-order valence-electron chi connectivity index (χ4n) is 13.6. The molecule has 3 unspecified atom stereocenters. The van der Waals surface area contributed by atoms with E-state index in [1.54, 1.807) is 54.4 Å². The Morgan fingerprint density at radius 1 is 0.734 bits per heavy atom. The number of hydrogen-bond acceptors (Lipinski definition) is 26. The number of imide groups is 1. The minimum absolute atomic E-state index is 0.0279. The largest absolute Gasteiger partial charge is 0.510 e. The van der Waals surface area contributed by atoms with Crippen LogP contribution in [0.5, 0.6) is 5.75 Å². The first kappa shape index (κ1) is 86.3. The van der Waals surface area contributed by atoms with Crippen LogP contribution >= 0.6 is 0 Å². The number of Topliss-reactive ketones (excluding diaryl/α,β-unsaturated/α-hetero) is 3. The topological polar surface area (TPSA) is 374 Å². The van der Waals surface area contributed by atoms with Gasteiger partial charge in [0.2, 0.25) is 23.3 Å². The van der Waals surface area contributed by atoms with Gasteiger partial charge in [-0.05, 0) is 113 Å². The number of phenols is 1. The van der Waals surface area contributed by atoms with Crippen LogP contribution < -0.4 is 16.6 Å². The van der Waals surface area contributed by atoms with Gasteiger partial charge in [-0.1, -0.05) is 62.2 Å². The number of carbonyl (C=O) groups excluding carboxylic acids is 8. The lowest BCUT2D eigenvalue weighted by molar-refractivity contribution is -0.175. The molecule has 0 radical (unpaired) electrons. The van der Waals surface area contributed by atoms with Crippen LogP contribution in [-0.4, -0.2) is 221 Å². The fourth-order valence-corrected chi connectivity index (χ4v) is 13.6. The van der Waals surface area contributed by atoms with Crippen molar-refractivity contribution in [2.45, 2.75) is 156 Å². The number of ether oxygens (including phenoxy) is 12. The average molecular weight is 1520 g/mol. The third-order valence-electron chi connectivity index (χ3n) is 19.7. The van der Waals surface area contributed by atoms with E-state index in [4.69, 9.17) is 67.6 Å². The van der Waals surface area contributed by atoms with Crippen LogP contribution in [-0.2, 0) is 135 Å². The predicted molar refractivity (Wildman–Crippen MR) is 397 cm³/mol. The molecule has 1 saturated heterocycles. The second kappa shape index (κ2) is 45.8. The number of aryl methyl sites for hydroxylation is 3. The van der Waals surface area contributed by atoms with Crippen molar-refractivity contribution in [2.24, 2.45) is 29.4 Å². The van der Waals surface area contributed by atoms with Gasteiger partial charge < -0.3 is 77.6 Å².